The third-order valence-electron chi connectivity index (χ3n) is 5.01. The van der Waals surface area contributed by atoms with Gasteiger partial charge in [0.2, 0.25) is 0 Å². The van der Waals surface area contributed by atoms with Crippen molar-refractivity contribution in [1.29, 1.82) is 0 Å². The van der Waals surface area contributed by atoms with Gasteiger partial charge in [0.1, 0.15) is 0 Å². The highest BCUT2D eigenvalue weighted by atomic mass is 35.5. The van der Waals surface area contributed by atoms with Crippen LogP contribution in [-0.4, -0.2) is 49.4 Å². The van der Waals surface area contributed by atoms with Gasteiger partial charge >= 0.3 is 5.97 Å². The van der Waals surface area contributed by atoms with Crippen LogP contribution in [-0.2, 0) is 19.4 Å². The molecule has 3 aromatic rings. The Morgan fingerprint density at radius 1 is 1.13 bits per heavy atom. The van der Waals surface area contributed by atoms with Gasteiger partial charge in [-0.15, -0.1) is 0 Å². The van der Waals surface area contributed by atoms with E-state index < -0.39 is 34.4 Å². The number of fused-ring (bicyclic) bond motifs is 1. The molecular formula is C22H19ClN2O5S. The van der Waals surface area contributed by atoms with E-state index in [4.69, 9.17) is 16.3 Å². The third kappa shape index (κ3) is 5.03. The molecule has 0 radical (unpaired) electrons. The quantitative estimate of drug-likeness (QED) is 0.589. The molecule has 2 heterocycles. The van der Waals surface area contributed by atoms with E-state index in [1.54, 1.807) is 48.5 Å². The van der Waals surface area contributed by atoms with Crippen LogP contribution in [0, 0.1) is 0 Å². The molecule has 160 valence electrons. The Balaban J connectivity index is 1.53. The number of rotatable bonds is 5. The number of sulfone groups is 1. The van der Waals surface area contributed by atoms with E-state index in [0.717, 1.165) is 5.56 Å². The van der Waals surface area contributed by atoms with Crippen molar-refractivity contribution in [2.45, 2.75) is 12.5 Å². The van der Waals surface area contributed by atoms with Gasteiger partial charge < -0.3 is 10.1 Å². The molecule has 7 nitrogen and oxygen atoms in total. The topological polar surface area (TPSA) is 102 Å². The van der Waals surface area contributed by atoms with Crippen molar-refractivity contribution in [2.75, 3.05) is 18.1 Å². The number of hydrogen-bond acceptors (Lipinski definition) is 6. The molecule has 0 aliphatic carbocycles. The van der Waals surface area contributed by atoms with E-state index in [9.17, 15) is 18.0 Å². The van der Waals surface area contributed by atoms with Crippen LogP contribution in [0.3, 0.4) is 0 Å². The number of aromatic nitrogens is 1. The van der Waals surface area contributed by atoms with Crippen LogP contribution in [0.1, 0.15) is 16.8 Å². The lowest BCUT2D eigenvalue weighted by Gasteiger charge is -2.12. The van der Waals surface area contributed by atoms with Gasteiger partial charge in [0.25, 0.3) is 5.91 Å². The van der Waals surface area contributed by atoms with Crippen LogP contribution < -0.4 is 5.32 Å². The number of pyridine rings is 1. The minimum absolute atomic E-state index is 0.0498. The summed E-state index contributed by atoms with van der Waals surface area (Å²) >= 11 is 5.96. The van der Waals surface area contributed by atoms with Crippen molar-refractivity contribution >= 4 is 44.2 Å². The molecule has 1 saturated heterocycles. The van der Waals surface area contributed by atoms with Crippen LogP contribution in [0.15, 0.2) is 54.6 Å². The highest BCUT2D eigenvalue weighted by Crippen LogP contribution is 2.26. The molecule has 31 heavy (non-hydrogen) atoms. The van der Waals surface area contributed by atoms with Crippen LogP contribution >= 0.6 is 11.6 Å². The van der Waals surface area contributed by atoms with E-state index in [1.807, 2.05) is 6.07 Å². The average Bonchev–Trinajstić information content (AvgIpc) is 3.09. The van der Waals surface area contributed by atoms with Crippen molar-refractivity contribution in [2.24, 2.45) is 0 Å². The molecule has 0 unspecified atom stereocenters. The van der Waals surface area contributed by atoms with Crippen molar-refractivity contribution in [3.63, 3.8) is 0 Å². The zero-order chi connectivity index (χ0) is 22.0. The van der Waals surface area contributed by atoms with E-state index in [1.165, 1.54) is 0 Å². The normalized spacial score (nSPS) is 17.4. The van der Waals surface area contributed by atoms with Gasteiger partial charge in [0.05, 0.1) is 28.3 Å². The number of carbonyl (C=O) groups is 2. The summed E-state index contributed by atoms with van der Waals surface area (Å²) < 4.78 is 28.3. The maximum atomic E-state index is 12.8. The van der Waals surface area contributed by atoms with E-state index in [-0.39, 0.29) is 17.1 Å². The van der Waals surface area contributed by atoms with Gasteiger partial charge in [-0.1, -0.05) is 41.9 Å². The number of amides is 1. The first-order chi connectivity index (χ1) is 14.8. The molecule has 2 aromatic carbocycles. The number of halogens is 1. The molecule has 1 aliphatic rings. The number of benzene rings is 2. The van der Waals surface area contributed by atoms with Gasteiger partial charge in [-0.05, 0) is 30.7 Å². The monoisotopic (exact) mass is 458 g/mol. The Hall–Kier alpha value is -2.97. The molecule has 4 rings (SSSR count). The molecule has 1 atom stereocenters. The summed E-state index contributed by atoms with van der Waals surface area (Å²) in [4.78, 5) is 29.5. The predicted molar refractivity (Wildman–Crippen MR) is 118 cm³/mol. The second-order valence-electron chi connectivity index (χ2n) is 7.32. The lowest BCUT2D eigenvalue weighted by atomic mass is 10.0. The maximum Gasteiger partial charge on any atom is 0.339 e. The van der Waals surface area contributed by atoms with Crippen LogP contribution in [0.4, 0.5) is 0 Å². The summed E-state index contributed by atoms with van der Waals surface area (Å²) in [6.45, 7) is -0.498. The molecule has 1 fully saturated rings. The maximum absolute atomic E-state index is 12.8. The van der Waals surface area contributed by atoms with E-state index >= 15 is 0 Å². The summed E-state index contributed by atoms with van der Waals surface area (Å²) in [5.74, 6) is -1.24. The summed E-state index contributed by atoms with van der Waals surface area (Å²) in [6, 6.07) is 15.4. The first kappa shape index (κ1) is 21.3. The molecular weight excluding hydrogens is 440 g/mol. The fourth-order valence-electron chi connectivity index (χ4n) is 3.50. The number of hydrogen-bond donors (Lipinski definition) is 1. The Kier molecular flexibility index (Phi) is 5.93. The lowest BCUT2D eigenvalue weighted by Crippen LogP contribution is -2.38. The largest absolute Gasteiger partial charge is 0.452 e. The second-order valence-corrected chi connectivity index (χ2v) is 9.99. The number of nitrogens with zero attached hydrogens (tertiary/aromatic N) is 1. The van der Waals surface area contributed by atoms with Gasteiger partial charge in [0, 0.05) is 22.0 Å². The summed E-state index contributed by atoms with van der Waals surface area (Å²) in [7, 11) is -3.11. The van der Waals surface area contributed by atoms with Crippen molar-refractivity contribution in [1.82, 2.24) is 10.3 Å². The molecule has 1 N–H and O–H groups in total. The van der Waals surface area contributed by atoms with Crippen molar-refractivity contribution in [3.05, 3.63) is 65.2 Å². The van der Waals surface area contributed by atoms with Crippen LogP contribution in [0.25, 0.3) is 22.2 Å². The first-order valence-electron chi connectivity index (χ1n) is 9.63. The zero-order valence-corrected chi connectivity index (χ0v) is 17.9. The molecule has 9 heteroatoms. The number of esters is 1. The average molecular weight is 459 g/mol. The number of ether oxygens (including phenoxy) is 1. The van der Waals surface area contributed by atoms with Crippen LogP contribution in [0.2, 0.25) is 5.02 Å². The summed E-state index contributed by atoms with van der Waals surface area (Å²) in [5.41, 5.74) is 2.25. The van der Waals surface area contributed by atoms with Gasteiger partial charge in [-0.2, -0.15) is 0 Å². The third-order valence-corrected chi connectivity index (χ3v) is 7.03. The number of nitrogens with one attached hydrogen (secondary N) is 1. The van der Waals surface area contributed by atoms with Crippen LogP contribution in [0.5, 0.6) is 0 Å². The highest BCUT2D eigenvalue weighted by molar-refractivity contribution is 7.91. The number of para-hydroxylation sites is 1. The van der Waals surface area contributed by atoms with Gasteiger partial charge in [-0.3, -0.25) is 4.79 Å². The summed E-state index contributed by atoms with van der Waals surface area (Å²) in [6.07, 6.45) is 0.363. The van der Waals surface area contributed by atoms with Gasteiger partial charge in [-0.25, -0.2) is 18.2 Å². The van der Waals surface area contributed by atoms with E-state index in [0.29, 0.717) is 28.0 Å². The molecule has 0 bridgehead atoms. The molecule has 0 spiro atoms. The fourth-order valence-corrected chi connectivity index (χ4v) is 5.30. The Bertz CT molecular complexity index is 1260. The summed E-state index contributed by atoms with van der Waals surface area (Å²) in [5, 5.41) is 3.79. The standard InChI is InChI=1S/C22H19ClN2O5S/c23-15-7-5-14(6-8-15)20-11-18(17-3-1-2-4-19(17)25-20)22(27)30-12-21(26)24-16-9-10-31(28,29)13-16/h1-8,11,16H,9-10,12-13H2,(H,24,26)/t16-/m1/s1. The van der Waals surface area contributed by atoms with Crippen molar-refractivity contribution < 1.29 is 22.7 Å². The predicted octanol–water partition coefficient (Wildman–Crippen LogP) is 3.02. The molecule has 1 aliphatic heterocycles. The number of carbonyl (C=O) groups excluding carboxylic acids is 2. The zero-order valence-electron chi connectivity index (χ0n) is 16.4. The Morgan fingerprint density at radius 2 is 1.87 bits per heavy atom. The minimum Gasteiger partial charge on any atom is -0.452 e. The highest BCUT2D eigenvalue weighted by Gasteiger charge is 2.29. The van der Waals surface area contributed by atoms with Gasteiger partial charge in [0.15, 0.2) is 16.4 Å². The van der Waals surface area contributed by atoms with E-state index in [2.05, 4.69) is 10.3 Å². The molecule has 1 amide bonds. The minimum atomic E-state index is -3.11. The van der Waals surface area contributed by atoms with Crippen molar-refractivity contribution in [3.8, 4) is 11.3 Å². The SMILES string of the molecule is O=C(COC(=O)c1cc(-c2ccc(Cl)cc2)nc2ccccc12)N[C@@H]1CCS(=O)(=O)C1. The fraction of sp³-hybridized carbons (Fsp3) is 0.227. The molecule has 1 aromatic heterocycles. The first-order valence-corrected chi connectivity index (χ1v) is 11.8. The lowest BCUT2D eigenvalue weighted by molar-refractivity contribution is -0.124. The molecule has 0 saturated carbocycles. The Labute approximate surface area is 184 Å². The Morgan fingerprint density at radius 3 is 2.58 bits per heavy atom. The second kappa shape index (κ2) is 8.64. The smallest absolute Gasteiger partial charge is 0.339 e.